The zero-order chi connectivity index (χ0) is 16.7. The summed E-state index contributed by atoms with van der Waals surface area (Å²) in [6, 6.07) is 7.07. The molecule has 7 nitrogen and oxygen atoms in total. The molecule has 1 heterocycles. The number of fused-ring (bicyclic) bond motifs is 1. The second-order valence-electron chi connectivity index (χ2n) is 5.21. The monoisotopic (exact) mass is 317 g/mol. The zero-order valence-corrected chi connectivity index (χ0v) is 12.7. The third-order valence-corrected chi connectivity index (χ3v) is 3.45. The number of carboxylic acid groups (broad SMARTS) is 1. The second kappa shape index (κ2) is 8.07. The van der Waals surface area contributed by atoms with Gasteiger partial charge in [0.1, 0.15) is 0 Å². The Morgan fingerprint density at radius 1 is 1.17 bits per heavy atom. The minimum Gasteiger partial charge on any atom is -0.481 e. The van der Waals surface area contributed by atoms with E-state index in [2.05, 4.69) is 10.3 Å². The molecule has 1 aromatic carbocycles. The number of carbonyl (C=O) groups is 2. The van der Waals surface area contributed by atoms with Gasteiger partial charge in [-0.3, -0.25) is 19.0 Å². The van der Waals surface area contributed by atoms with E-state index in [1.807, 2.05) is 6.07 Å². The van der Waals surface area contributed by atoms with Gasteiger partial charge < -0.3 is 10.4 Å². The van der Waals surface area contributed by atoms with Gasteiger partial charge in [0.05, 0.1) is 17.2 Å². The van der Waals surface area contributed by atoms with Crippen LogP contribution >= 0.6 is 0 Å². The van der Waals surface area contributed by atoms with Crippen LogP contribution in [0.3, 0.4) is 0 Å². The Hall–Kier alpha value is -2.70. The van der Waals surface area contributed by atoms with Crippen molar-refractivity contribution in [2.45, 2.75) is 32.2 Å². The van der Waals surface area contributed by atoms with Crippen molar-refractivity contribution in [1.29, 1.82) is 0 Å². The van der Waals surface area contributed by atoms with Crippen LogP contribution < -0.4 is 10.9 Å². The second-order valence-corrected chi connectivity index (χ2v) is 5.21. The summed E-state index contributed by atoms with van der Waals surface area (Å²) in [5.41, 5.74) is 0.474. The molecule has 0 saturated carbocycles. The molecule has 0 spiro atoms. The molecule has 2 rings (SSSR count). The van der Waals surface area contributed by atoms with Crippen molar-refractivity contribution < 1.29 is 14.7 Å². The van der Waals surface area contributed by atoms with E-state index in [-0.39, 0.29) is 30.9 Å². The van der Waals surface area contributed by atoms with E-state index >= 15 is 0 Å². The molecule has 0 saturated heterocycles. The number of amides is 1. The standard InChI is InChI=1S/C16H19N3O4/c20-14(17-9-4-3-7-15(21)22)8-10-19-11-18-13-6-2-1-5-12(13)16(19)23/h1-2,5-6,11H,3-4,7-10H2,(H,17,20)(H,21,22). The first-order chi connectivity index (χ1) is 11.1. The van der Waals surface area contributed by atoms with E-state index in [1.165, 1.54) is 10.9 Å². The van der Waals surface area contributed by atoms with Crippen molar-refractivity contribution in [3.8, 4) is 0 Å². The normalized spacial score (nSPS) is 10.6. The van der Waals surface area contributed by atoms with E-state index < -0.39 is 5.97 Å². The Labute approximate surface area is 133 Å². The summed E-state index contributed by atoms with van der Waals surface area (Å²) >= 11 is 0. The maximum Gasteiger partial charge on any atom is 0.303 e. The molecule has 23 heavy (non-hydrogen) atoms. The smallest absolute Gasteiger partial charge is 0.303 e. The van der Waals surface area contributed by atoms with Crippen molar-refractivity contribution in [2.75, 3.05) is 6.54 Å². The van der Waals surface area contributed by atoms with Crippen LogP contribution in [0.15, 0.2) is 35.4 Å². The first-order valence-corrected chi connectivity index (χ1v) is 7.50. The molecule has 7 heteroatoms. The Bertz CT molecular complexity index is 754. The summed E-state index contributed by atoms with van der Waals surface area (Å²) in [5.74, 6) is -1.00. The number of nitrogens with one attached hydrogen (secondary N) is 1. The molecule has 122 valence electrons. The highest BCUT2D eigenvalue weighted by molar-refractivity contribution is 5.77. The number of para-hydroxylation sites is 1. The molecule has 0 unspecified atom stereocenters. The van der Waals surface area contributed by atoms with Gasteiger partial charge in [-0.25, -0.2) is 4.98 Å². The molecule has 0 aliphatic carbocycles. The fourth-order valence-corrected chi connectivity index (χ4v) is 2.20. The minimum absolute atomic E-state index is 0.105. The molecule has 2 aromatic rings. The fraction of sp³-hybridized carbons (Fsp3) is 0.375. The average molecular weight is 317 g/mol. The quantitative estimate of drug-likeness (QED) is 0.711. The van der Waals surface area contributed by atoms with Gasteiger partial charge >= 0.3 is 5.97 Å². The van der Waals surface area contributed by atoms with Crippen LogP contribution in [0.25, 0.3) is 10.9 Å². The van der Waals surface area contributed by atoms with Gasteiger partial charge in [0.25, 0.3) is 5.56 Å². The number of carboxylic acids is 1. The van der Waals surface area contributed by atoms with Crippen molar-refractivity contribution in [3.05, 3.63) is 40.9 Å². The van der Waals surface area contributed by atoms with Gasteiger partial charge in [-0.15, -0.1) is 0 Å². The van der Waals surface area contributed by atoms with Crippen LogP contribution in [0.4, 0.5) is 0 Å². The number of benzene rings is 1. The van der Waals surface area contributed by atoms with Crippen LogP contribution in [-0.2, 0) is 16.1 Å². The number of aliphatic carboxylic acids is 1. The summed E-state index contributed by atoms with van der Waals surface area (Å²) in [6.07, 6.45) is 2.89. The molecule has 0 fully saturated rings. The topological polar surface area (TPSA) is 101 Å². The number of hydrogen-bond donors (Lipinski definition) is 2. The highest BCUT2D eigenvalue weighted by Crippen LogP contribution is 2.04. The van der Waals surface area contributed by atoms with Crippen LogP contribution in [0, 0.1) is 0 Å². The Balaban J connectivity index is 1.82. The van der Waals surface area contributed by atoms with E-state index in [4.69, 9.17) is 5.11 Å². The van der Waals surface area contributed by atoms with Crippen molar-refractivity contribution in [3.63, 3.8) is 0 Å². The van der Waals surface area contributed by atoms with Crippen LogP contribution in [0.5, 0.6) is 0 Å². The Morgan fingerprint density at radius 3 is 2.74 bits per heavy atom. The predicted octanol–water partition coefficient (Wildman–Crippen LogP) is 1.16. The molecule has 1 aromatic heterocycles. The largest absolute Gasteiger partial charge is 0.481 e. The molecule has 0 bridgehead atoms. The number of aromatic nitrogens is 2. The maximum absolute atomic E-state index is 12.2. The molecule has 1 amide bonds. The number of unbranched alkanes of at least 4 members (excludes halogenated alkanes) is 1. The first-order valence-electron chi connectivity index (χ1n) is 7.50. The molecule has 0 aliphatic rings. The number of hydrogen-bond acceptors (Lipinski definition) is 4. The lowest BCUT2D eigenvalue weighted by Crippen LogP contribution is -2.28. The summed E-state index contributed by atoms with van der Waals surface area (Å²) in [7, 11) is 0. The number of carbonyl (C=O) groups excluding carboxylic acids is 1. The van der Waals surface area contributed by atoms with Gasteiger partial charge in [-0.1, -0.05) is 12.1 Å². The fourth-order valence-electron chi connectivity index (χ4n) is 2.20. The van der Waals surface area contributed by atoms with Crippen molar-refractivity contribution in [1.82, 2.24) is 14.9 Å². The third kappa shape index (κ3) is 4.91. The summed E-state index contributed by atoms with van der Waals surface area (Å²) in [4.78, 5) is 38.5. The molecule has 0 aliphatic heterocycles. The molecule has 0 radical (unpaired) electrons. The van der Waals surface area contributed by atoms with Gasteiger partial charge in [-0.2, -0.15) is 0 Å². The summed E-state index contributed by atoms with van der Waals surface area (Å²) in [6.45, 7) is 0.703. The predicted molar refractivity (Wildman–Crippen MR) is 85.1 cm³/mol. The zero-order valence-electron chi connectivity index (χ0n) is 12.7. The number of rotatable bonds is 8. The molecular formula is C16H19N3O4. The highest BCUT2D eigenvalue weighted by atomic mass is 16.4. The highest BCUT2D eigenvalue weighted by Gasteiger charge is 2.06. The average Bonchev–Trinajstić information content (AvgIpc) is 2.54. The summed E-state index contributed by atoms with van der Waals surface area (Å²) < 4.78 is 1.42. The first kappa shape index (κ1) is 16.7. The third-order valence-electron chi connectivity index (χ3n) is 3.45. The van der Waals surface area contributed by atoms with Gasteiger partial charge in [0, 0.05) is 25.9 Å². The minimum atomic E-state index is -0.834. The van der Waals surface area contributed by atoms with Crippen LogP contribution in [0.1, 0.15) is 25.7 Å². The maximum atomic E-state index is 12.2. The van der Waals surface area contributed by atoms with Crippen LogP contribution in [-0.4, -0.2) is 33.1 Å². The van der Waals surface area contributed by atoms with E-state index in [0.29, 0.717) is 30.3 Å². The summed E-state index contributed by atoms with van der Waals surface area (Å²) in [5, 5.41) is 11.8. The van der Waals surface area contributed by atoms with Gasteiger partial charge in [-0.05, 0) is 25.0 Å². The lowest BCUT2D eigenvalue weighted by atomic mass is 10.2. The van der Waals surface area contributed by atoms with Crippen LogP contribution in [0.2, 0.25) is 0 Å². The van der Waals surface area contributed by atoms with E-state index in [9.17, 15) is 14.4 Å². The van der Waals surface area contributed by atoms with Gasteiger partial charge in [0.15, 0.2) is 0 Å². The van der Waals surface area contributed by atoms with Crippen molar-refractivity contribution >= 4 is 22.8 Å². The Morgan fingerprint density at radius 2 is 1.96 bits per heavy atom. The Kier molecular flexibility index (Phi) is 5.85. The van der Waals surface area contributed by atoms with Crippen molar-refractivity contribution in [2.24, 2.45) is 0 Å². The molecular weight excluding hydrogens is 298 g/mol. The van der Waals surface area contributed by atoms with E-state index in [0.717, 1.165) is 0 Å². The number of aryl methyl sites for hydroxylation is 1. The lowest BCUT2D eigenvalue weighted by Gasteiger charge is -2.07. The van der Waals surface area contributed by atoms with Gasteiger partial charge in [0.2, 0.25) is 5.91 Å². The molecule has 0 atom stereocenters. The van der Waals surface area contributed by atoms with E-state index in [1.54, 1.807) is 18.2 Å². The SMILES string of the molecule is O=C(O)CCCCNC(=O)CCn1cnc2ccccc2c1=O. The lowest BCUT2D eigenvalue weighted by molar-refractivity contribution is -0.137. The number of nitrogens with zero attached hydrogens (tertiary/aromatic N) is 2. The molecule has 2 N–H and O–H groups in total.